The van der Waals surface area contributed by atoms with Crippen LogP contribution in [-0.2, 0) is 4.79 Å². The molecule has 0 fully saturated rings. The van der Waals surface area contributed by atoms with Gasteiger partial charge in [0.25, 0.3) is 11.7 Å². The van der Waals surface area contributed by atoms with Crippen molar-refractivity contribution >= 4 is 33.3 Å². The minimum Gasteiger partial charge on any atom is -0.304 e. The van der Waals surface area contributed by atoms with Gasteiger partial charge < -0.3 is 4.90 Å². The molecule has 4 heteroatoms. The highest BCUT2D eigenvalue weighted by atomic mass is 79.9. The topological polar surface area (TPSA) is 37.4 Å². The number of carbonyl (C=O) groups is 2. The highest BCUT2D eigenvalue weighted by molar-refractivity contribution is 9.09. The summed E-state index contributed by atoms with van der Waals surface area (Å²) in [5, 5.41) is 0.800. The van der Waals surface area contributed by atoms with Gasteiger partial charge in [0.2, 0.25) is 0 Å². The van der Waals surface area contributed by atoms with E-state index in [2.05, 4.69) is 36.7 Å². The number of rotatable bonds is 3. The molecule has 1 heterocycles. The van der Waals surface area contributed by atoms with Gasteiger partial charge >= 0.3 is 0 Å². The van der Waals surface area contributed by atoms with E-state index in [1.165, 1.54) is 0 Å². The van der Waals surface area contributed by atoms with Gasteiger partial charge in [0, 0.05) is 11.9 Å². The highest BCUT2D eigenvalue weighted by Gasteiger charge is 2.39. The van der Waals surface area contributed by atoms with Crippen LogP contribution >= 0.6 is 15.9 Å². The second-order valence-corrected chi connectivity index (χ2v) is 7.59. The number of Topliss-reactive ketones (excluding diaryl/α,β-unsaturated/α-hetero) is 1. The molecule has 1 aromatic carbocycles. The number of alkyl halides is 1. The van der Waals surface area contributed by atoms with Crippen molar-refractivity contribution in [2.24, 2.45) is 11.3 Å². The molecule has 0 saturated heterocycles. The number of nitrogens with zero attached hydrogens (tertiary/aromatic N) is 1. The van der Waals surface area contributed by atoms with Crippen LogP contribution < -0.4 is 4.90 Å². The van der Waals surface area contributed by atoms with Gasteiger partial charge in [-0.2, -0.15) is 0 Å². The first-order chi connectivity index (χ1) is 9.66. The predicted octanol–water partition coefficient (Wildman–Crippen LogP) is 3.89. The molecule has 1 aliphatic heterocycles. The Hall–Kier alpha value is -1.16. The minimum atomic E-state index is -0.395. The fourth-order valence-electron chi connectivity index (χ4n) is 2.75. The maximum Gasteiger partial charge on any atom is 0.299 e. The van der Waals surface area contributed by atoms with Gasteiger partial charge in [0.1, 0.15) is 0 Å². The molecule has 1 atom stereocenters. The largest absolute Gasteiger partial charge is 0.304 e. The van der Waals surface area contributed by atoms with Crippen LogP contribution in [0.15, 0.2) is 12.1 Å². The third-order valence-corrected chi connectivity index (χ3v) is 5.01. The normalized spacial score (nSPS) is 16.4. The molecule has 1 aromatic rings. The van der Waals surface area contributed by atoms with E-state index >= 15 is 0 Å². The molecule has 0 N–H and O–H groups in total. The number of halogens is 1. The van der Waals surface area contributed by atoms with E-state index in [1.54, 1.807) is 4.90 Å². The highest BCUT2D eigenvalue weighted by Crippen LogP contribution is 2.36. The molecule has 0 bridgehead atoms. The van der Waals surface area contributed by atoms with Crippen molar-refractivity contribution in [3.63, 3.8) is 0 Å². The fraction of sp³-hybridized carbons (Fsp3) is 0.529. The summed E-state index contributed by atoms with van der Waals surface area (Å²) in [5.41, 5.74) is 3.38. The summed E-state index contributed by atoms with van der Waals surface area (Å²) < 4.78 is 0. The zero-order chi connectivity index (χ0) is 15.9. The number of aryl methyl sites for hydroxylation is 2. The summed E-state index contributed by atoms with van der Waals surface area (Å²) in [6, 6.07) is 3.90. The summed E-state index contributed by atoms with van der Waals surface area (Å²) in [6.07, 6.45) is 0. The van der Waals surface area contributed by atoms with Gasteiger partial charge in [-0.15, -0.1) is 0 Å². The second kappa shape index (κ2) is 5.56. The lowest BCUT2D eigenvalue weighted by atomic mass is 9.82. The average Bonchev–Trinajstić information content (AvgIpc) is 2.58. The van der Waals surface area contributed by atoms with E-state index in [-0.39, 0.29) is 17.1 Å². The van der Waals surface area contributed by atoms with E-state index in [1.807, 2.05) is 26.0 Å². The van der Waals surface area contributed by atoms with Gasteiger partial charge in [0.15, 0.2) is 0 Å². The summed E-state index contributed by atoms with van der Waals surface area (Å²) in [7, 11) is 0. The molecule has 114 valence electrons. The first-order valence-corrected chi connectivity index (χ1v) is 8.32. The molecule has 0 aromatic heterocycles. The summed E-state index contributed by atoms with van der Waals surface area (Å²) in [4.78, 5) is 26.3. The van der Waals surface area contributed by atoms with Crippen molar-refractivity contribution in [3.8, 4) is 0 Å². The molecule has 1 aliphatic rings. The van der Waals surface area contributed by atoms with E-state index in [4.69, 9.17) is 0 Å². The number of amides is 1. The minimum absolute atomic E-state index is 0.0639. The quantitative estimate of drug-likeness (QED) is 0.611. The predicted molar refractivity (Wildman–Crippen MR) is 89.3 cm³/mol. The number of hydrogen-bond acceptors (Lipinski definition) is 2. The van der Waals surface area contributed by atoms with Crippen LogP contribution in [0, 0.1) is 25.2 Å². The van der Waals surface area contributed by atoms with Crippen LogP contribution in [0.3, 0.4) is 0 Å². The molecule has 21 heavy (non-hydrogen) atoms. The summed E-state index contributed by atoms with van der Waals surface area (Å²) in [6.45, 7) is 10.9. The Morgan fingerprint density at radius 1 is 1.19 bits per heavy atom. The first-order valence-electron chi connectivity index (χ1n) is 7.20. The van der Waals surface area contributed by atoms with Gasteiger partial charge in [-0.05, 0) is 42.4 Å². The molecule has 0 radical (unpaired) electrons. The van der Waals surface area contributed by atoms with Crippen molar-refractivity contribution in [2.45, 2.75) is 34.6 Å². The molecular formula is C17H22BrNO2. The smallest absolute Gasteiger partial charge is 0.299 e. The van der Waals surface area contributed by atoms with Crippen LogP contribution in [0.5, 0.6) is 0 Å². The van der Waals surface area contributed by atoms with Crippen LogP contribution in [0.1, 0.15) is 42.3 Å². The van der Waals surface area contributed by atoms with Crippen molar-refractivity contribution in [1.82, 2.24) is 0 Å². The molecule has 3 nitrogen and oxygen atoms in total. The van der Waals surface area contributed by atoms with Gasteiger partial charge in [-0.25, -0.2) is 0 Å². The molecular weight excluding hydrogens is 330 g/mol. The maximum atomic E-state index is 12.4. The molecule has 2 rings (SSSR count). The zero-order valence-corrected chi connectivity index (χ0v) is 14.9. The Balaban J connectivity index is 2.44. The number of ketones is 1. The van der Waals surface area contributed by atoms with Gasteiger partial charge in [0.05, 0.1) is 11.3 Å². The molecule has 1 unspecified atom stereocenters. The number of hydrogen-bond donors (Lipinski definition) is 0. The number of benzene rings is 1. The zero-order valence-electron chi connectivity index (χ0n) is 13.3. The van der Waals surface area contributed by atoms with E-state index in [0.717, 1.165) is 22.1 Å². The monoisotopic (exact) mass is 351 g/mol. The van der Waals surface area contributed by atoms with Crippen LogP contribution in [-0.4, -0.2) is 23.6 Å². The molecule has 0 saturated carbocycles. The standard InChI is InChI=1S/C17H22BrNO2/c1-10-6-11(2)14-13(7-10)19(16(21)15(14)20)9-12(8-18)17(3,4)5/h6-7,12H,8-9H2,1-5H3. The third kappa shape index (κ3) is 2.91. The van der Waals surface area contributed by atoms with Crippen LogP contribution in [0.2, 0.25) is 0 Å². The summed E-state index contributed by atoms with van der Waals surface area (Å²) in [5.74, 6) is -0.486. The Kier molecular flexibility index (Phi) is 4.29. The van der Waals surface area contributed by atoms with Crippen molar-refractivity contribution in [3.05, 3.63) is 28.8 Å². The first kappa shape index (κ1) is 16.2. The van der Waals surface area contributed by atoms with Crippen LogP contribution in [0.25, 0.3) is 0 Å². The Bertz CT molecular complexity index is 602. The Labute approximate surface area is 134 Å². The second-order valence-electron chi connectivity index (χ2n) is 6.94. The Morgan fingerprint density at radius 3 is 2.33 bits per heavy atom. The SMILES string of the molecule is Cc1cc(C)c2c(c1)N(CC(CBr)C(C)(C)C)C(=O)C2=O. The van der Waals surface area contributed by atoms with E-state index in [0.29, 0.717) is 12.1 Å². The molecule has 0 aliphatic carbocycles. The lowest BCUT2D eigenvalue weighted by molar-refractivity contribution is -0.114. The van der Waals surface area contributed by atoms with E-state index < -0.39 is 5.91 Å². The molecule has 0 spiro atoms. The van der Waals surface area contributed by atoms with Crippen molar-refractivity contribution < 1.29 is 9.59 Å². The van der Waals surface area contributed by atoms with Crippen molar-refractivity contribution in [1.29, 1.82) is 0 Å². The van der Waals surface area contributed by atoms with Crippen LogP contribution in [0.4, 0.5) is 5.69 Å². The number of anilines is 1. The lowest BCUT2D eigenvalue weighted by Crippen LogP contribution is -2.39. The van der Waals surface area contributed by atoms with Gasteiger partial charge in [-0.3, -0.25) is 9.59 Å². The van der Waals surface area contributed by atoms with E-state index in [9.17, 15) is 9.59 Å². The third-order valence-electron chi connectivity index (χ3n) is 4.23. The number of carbonyl (C=O) groups excluding carboxylic acids is 2. The van der Waals surface area contributed by atoms with Gasteiger partial charge in [-0.1, -0.05) is 42.8 Å². The van der Waals surface area contributed by atoms with Crippen molar-refractivity contribution in [2.75, 3.05) is 16.8 Å². The summed E-state index contributed by atoms with van der Waals surface area (Å²) >= 11 is 3.54. The molecule has 1 amide bonds. The fourth-order valence-corrected chi connectivity index (χ4v) is 3.92. The Morgan fingerprint density at radius 2 is 1.81 bits per heavy atom. The number of fused-ring (bicyclic) bond motifs is 1. The average molecular weight is 352 g/mol. The lowest BCUT2D eigenvalue weighted by Gasteiger charge is -2.32. The maximum absolute atomic E-state index is 12.4.